The summed E-state index contributed by atoms with van der Waals surface area (Å²) in [5, 5.41) is 10.1. The van der Waals surface area contributed by atoms with Crippen molar-refractivity contribution < 1.29 is 27.8 Å². The Bertz CT molecular complexity index is 1230. The number of aliphatic hydroxyl groups is 1. The Morgan fingerprint density at radius 1 is 1.20 bits per heavy atom. The number of carbonyl (C=O) groups is 1. The summed E-state index contributed by atoms with van der Waals surface area (Å²) in [6.07, 6.45) is 4.73. The lowest BCUT2D eigenvalue weighted by molar-refractivity contribution is -0.00835. The molecule has 2 heterocycles. The summed E-state index contributed by atoms with van der Waals surface area (Å²) in [5.41, 5.74) is 1.28. The molecule has 1 N–H and O–H groups in total. The maximum Gasteiger partial charge on any atom is 0.261 e. The average Bonchev–Trinajstić information content (AvgIpc) is 3.36. The molecule has 0 radical (unpaired) electrons. The first kappa shape index (κ1) is 31.9. The van der Waals surface area contributed by atoms with Gasteiger partial charge in [0.25, 0.3) is 15.9 Å². The van der Waals surface area contributed by atoms with E-state index < -0.39 is 22.2 Å². The lowest BCUT2D eigenvalue weighted by atomic mass is 10.0. The molecule has 0 unspecified atom stereocenters. The van der Waals surface area contributed by atoms with Crippen molar-refractivity contribution in [1.29, 1.82) is 0 Å². The number of benzene rings is 1. The Morgan fingerprint density at radius 3 is 2.55 bits per heavy atom. The van der Waals surface area contributed by atoms with Gasteiger partial charge >= 0.3 is 0 Å². The van der Waals surface area contributed by atoms with Gasteiger partial charge in [-0.05, 0) is 51.3 Å². The predicted molar refractivity (Wildman–Crippen MR) is 154 cm³/mol. The molecule has 1 amide bonds. The maximum atomic E-state index is 14.1. The van der Waals surface area contributed by atoms with E-state index in [4.69, 9.17) is 9.47 Å². The van der Waals surface area contributed by atoms with Crippen LogP contribution in [-0.2, 0) is 21.8 Å². The highest BCUT2D eigenvalue weighted by molar-refractivity contribution is 7.89. The highest BCUT2D eigenvalue weighted by Gasteiger charge is 2.33. The summed E-state index contributed by atoms with van der Waals surface area (Å²) in [6, 6.07) is 5.09. The monoisotopic (exact) mass is 579 g/mol. The van der Waals surface area contributed by atoms with Crippen LogP contribution >= 0.6 is 0 Å². The number of aliphatic hydroxyl groups excluding tert-OH is 1. The molecule has 1 aliphatic rings. The molecular weight excluding hydrogens is 534 g/mol. The largest absolute Gasteiger partial charge is 0.490 e. The third-order valence-electron chi connectivity index (χ3n) is 7.34. The molecular formula is C28H45N5O6S. The third-order valence-corrected chi connectivity index (χ3v) is 9.05. The van der Waals surface area contributed by atoms with E-state index in [-0.39, 0.29) is 42.7 Å². The number of likely N-dealkylation sites (N-methyl/N-ethyl adjacent to an activating group) is 1. The van der Waals surface area contributed by atoms with Gasteiger partial charge in [0.15, 0.2) is 5.03 Å². The van der Waals surface area contributed by atoms with Crippen molar-refractivity contribution >= 4 is 21.6 Å². The minimum Gasteiger partial charge on any atom is -0.490 e. The molecule has 0 fully saturated rings. The van der Waals surface area contributed by atoms with Gasteiger partial charge in [0.1, 0.15) is 5.75 Å². The van der Waals surface area contributed by atoms with Crippen LogP contribution in [0.5, 0.6) is 5.75 Å². The van der Waals surface area contributed by atoms with E-state index in [1.165, 1.54) is 23.9 Å². The molecule has 40 heavy (non-hydrogen) atoms. The van der Waals surface area contributed by atoms with Crippen LogP contribution in [0.25, 0.3) is 0 Å². The molecule has 1 aliphatic heterocycles. The van der Waals surface area contributed by atoms with Crippen molar-refractivity contribution in [2.75, 3.05) is 52.3 Å². The third kappa shape index (κ3) is 7.74. The Morgan fingerprint density at radius 2 is 1.93 bits per heavy atom. The van der Waals surface area contributed by atoms with E-state index in [0.29, 0.717) is 17.9 Å². The molecule has 3 rings (SSSR count). The van der Waals surface area contributed by atoms with Crippen molar-refractivity contribution in [3.8, 4) is 5.75 Å². The van der Waals surface area contributed by atoms with Gasteiger partial charge in [0.2, 0.25) is 0 Å². The molecule has 2 aromatic rings. The van der Waals surface area contributed by atoms with Gasteiger partial charge in [-0.1, -0.05) is 6.92 Å². The number of sulfonamides is 1. The minimum atomic E-state index is -3.83. The molecule has 0 saturated heterocycles. The highest BCUT2D eigenvalue weighted by atomic mass is 32.2. The first-order valence-electron chi connectivity index (χ1n) is 13.8. The molecule has 224 valence electrons. The smallest absolute Gasteiger partial charge is 0.261 e. The van der Waals surface area contributed by atoms with Gasteiger partial charge in [-0.15, -0.1) is 0 Å². The fourth-order valence-electron chi connectivity index (χ4n) is 4.68. The van der Waals surface area contributed by atoms with Crippen molar-refractivity contribution in [3.05, 3.63) is 36.3 Å². The Kier molecular flexibility index (Phi) is 11.0. The second-order valence-electron chi connectivity index (χ2n) is 11.0. The van der Waals surface area contributed by atoms with Crippen LogP contribution < -0.4 is 9.64 Å². The number of ether oxygens (including phenoxy) is 2. The number of fused-ring (bicyclic) bond motifs is 1. The Balaban J connectivity index is 1.96. The predicted octanol–water partition coefficient (Wildman–Crippen LogP) is 2.60. The minimum absolute atomic E-state index is 0.0287. The number of amides is 1. The number of aryl methyl sites for hydroxylation is 1. The average molecular weight is 580 g/mol. The van der Waals surface area contributed by atoms with Gasteiger partial charge in [-0.2, -0.15) is 4.31 Å². The van der Waals surface area contributed by atoms with Crippen LogP contribution in [0.1, 0.15) is 50.4 Å². The number of imidazole rings is 1. The highest BCUT2D eigenvalue weighted by Crippen LogP contribution is 2.29. The zero-order valence-corrected chi connectivity index (χ0v) is 25.6. The van der Waals surface area contributed by atoms with Gasteiger partial charge in [-0.25, -0.2) is 13.4 Å². The number of carbonyl (C=O) groups excluding carboxylic acids is 1. The maximum absolute atomic E-state index is 14.1. The number of aromatic nitrogens is 2. The normalized spacial score (nSPS) is 22.4. The number of rotatable bonds is 7. The summed E-state index contributed by atoms with van der Waals surface area (Å²) < 4.78 is 41.8. The SMILES string of the molecule is C[C@@H]1CCCCO[C@@H](CN(C)S(=O)(=O)c2cn(C)cn2)[C@@H](C)CN([C@H](C)CO)C(=O)c2cc(N(C)C)ccc2O1. The second-order valence-corrected chi connectivity index (χ2v) is 13.0. The Hall–Kier alpha value is -2.67. The molecule has 4 atom stereocenters. The van der Waals surface area contributed by atoms with Crippen molar-refractivity contribution in [2.45, 2.75) is 63.3 Å². The van der Waals surface area contributed by atoms with Crippen molar-refractivity contribution in [2.24, 2.45) is 13.0 Å². The summed E-state index contributed by atoms with van der Waals surface area (Å²) in [7, 11) is 3.22. The first-order chi connectivity index (χ1) is 18.8. The number of nitrogens with zero attached hydrogens (tertiary/aromatic N) is 5. The van der Waals surface area contributed by atoms with E-state index in [9.17, 15) is 18.3 Å². The van der Waals surface area contributed by atoms with Crippen molar-refractivity contribution in [1.82, 2.24) is 18.8 Å². The van der Waals surface area contributed by atoms with Gasteiger partial charge in [0.05, 0.1) is 36.7 Å². The molecule has 12 heteroatoms. The lowest BCUT2D eigenvalue weighted by Crippen LogP contribution is -2.48. The van der Waals surface area contributed by atoms with Crippen LogP contribution in [0.15, 0.2) is 35.7 Å². The molecule has 1 aromatic carbocycles. The van der Waals surface area contributed by atoms with E-state index in [2.05, 4.69) is 4.98 Å². The summed E-state index contributed by atoms with van der Waals surface area (Å²) in [6.45, 7) is 6.29. The summed E-state index contributed by atoms with van der Waals surface area (Å²) in [5.74, 6) is 0.00380. The summed E-state index contributed by atoms with van der Waals surface area (Å²) >= 11 is 0. The number of hydrogen-bond donors (Lipinski definition) is 1. The first-order valence-corrected chi connectivity index (χ1v) is 15.2. The van der Waals surface area contributed by atoms with Gasteiger partial charge < -0.3 is 28.9 Å². The molecule has 0 spiro atoms. The van der Waals surface area contributed by atoms with Crippen LogP contribution in [0.4, 0.5) is 5.69 Å². The van der Waals surface area contributed by atoms with E-state index in [1.54, 1.807) is 23.4 Å². The zero-order chi connectivity index (χ0) is 29.6. The van der Waals surface area contributed by atoms with E-state index >= 15 is 0 Å². The molecule has 0 bridgehead atoms. The zero-order valence-electron chi connectivity index (χ0n) is 24.8. The lowest BCUT2D eigenvalue weighted by Gasteiger charge is -2.35. The van der Waals surface area contributed by atoms with E-state index in [0.717, 1.165) is 24.9 Å². The fourth-order valence-corrected chi connectivity index (χ4v) is 5.83. The molecule has 0 aliphatic carbocycles. The standard InChI is InChI=1S/C28H45N5O6S/c1-20-15-33(21(2)18-34)28(35)24-14-23(30(4)5)11-12-25(24)39-22(3)10-8-9-13-38-26(20)16-32(7)40(36,37)27-17-31(6)19-29-27/h11-12,14,17,19-22,26,34H,8-10,13,15-16,18H2,1-7H3/t20-,21+,22+,26-/m0/s1. The van der Waals surface area contributed by atoms with Crippen LogP contribution in [0, 0.1) is 5.92 Å². The van der Waals surface area contributed by atoms with Crippen LogP contribution in [-0.4, -0.2) is 104 Å². The molecule has 0 saturated carbocycles. The molecule has 1 aromatic heterocycles. The fraction of sp³-hybridized carbons (Fsp3) is 0.643. The van der Waals surface area contributed by atoms with Gasteiger partial charge in [0, 0.05) is 65.7 Å². The number of anilines is 1. The van der Waals surface area contributed by atoms with Crippen LogP contribution in [0.2, 0.25) is 0 Å². The molecule has 11 nitrogen and oxygen atoms in total. The van der Waals surface area contributed by atoms with Gasteiger partial charge in [-0.3, -0.25) is 4.79 Å². The quantitative estimate of drug-likeness (QED) is 0.532. The summed E-state index contributed by atoms with van der Waals surface area (Å²) in [4.78, 5) is 21.6. The van der Waals surface area contributed by atoms with Crippen molar-refractivity contribution in [3.63, 3.8) is 0 Å². The van der Waals surface area contributed by atoms with E-state index in [1.807, 2.05) is 51.0 Å². The Labute approximate surface area is 238 Å². The van der Waals surface area contributed by atoms with Crippen LogP contribution in [0.3, 0.4) is 0 Å². The topological polar surface area (TPSA) is 117 Å². The number of hydrogen-bond acceptors (Lipinski definition) is 8. The second kappa shape index (κ2) is 13.8.